The molecule has 2 aromatic rings. The largest absolute Gasteiger partial charge is 0.462 e. The van der Waals surface area contributed by atoms with Crippen molar-refractivity contribution in [3.05, 3.63) is 59.9 Å². The first-order chi connectivity index (χ1) is 16.1. The minimum Gasteiger partial charge on any atom is -0.462 e. The number of aromatic nitrogens is 1. The van der Waals surface area contributed by atoms with E-state index in [1.54, 1.807) is 43.5 Å². The van der Waals surface area contributed by atoms with Crippen LogP contribution in [0.4, 0.5) is 8.78 Å². The molecule has 176 valence electrons. The smallest absolute Gasteiger partial charge is 0.313 e. The van der Waals surface area contributed by atoms with Crippen LogP contribution in [0.25, 0.3) is 17.2 Å². The maximum atomic E-state index is 15.1. The minimum absolute atomic E-state index is 0.473. The number of halogens is 2. The molecular formula is C26H25F2N3O3. The first-order valence-electron chi connectivity index (χ1n) is 11.1. The number of benzene rings is 1. The maximum Gasteiger partial charge on any atom is 0.313 e. The fraction of sp³-hybridized carbons (Fsp3) is 0.385. The molecule has 0 unspecified atom stereocenters. The van der Waals surface area contributed by atoms with Crippen molar-refractivity contribution >= 4 is 18.0 Å². The van der Waals surface area contributed by atoms with Crippen LogP contribution in [0, 0.1) is 34.5 Å². The highest BCUT2D eigenvalue weighted by molar-refractivity contribution is 5.87. The van der Waals surface area contributed by atoms with Gasteiger partial charge in [0.05, 0.1) is 22.7 Å². The molecule has 6 nitrogen and oxygen atoms in total. The predicted molar refractivity (Wildman–Crippen MR) is 121 cm³/mol. The van der Waals surface area contributed by atoms with Crippen molar-refractivity contribution in [1.29, 1.82) is 5.26 Å². The lowest BCUT2D eigenvalue weighted by Gasteiger charge is -2.47. The topological polar surface area (TPSA) is 106 Å². The molecular weight excluding hydrogens is 440 g/mol. The molecule has 1 aromatic heterocycles. The molecule has 1 aliphatic heterocycles. The summed E-state index contributed by atoms with van der Waals surface area (Å²) in [4.78, 5) is 28.8. The van der Waals surface area contributed by atoms with Crippen LogP contribution in [0.5, 0.6) is 0 Å². The highest BCUT2D eigenvalue weighted by Gasteiger charge is 2.68. The Kier molecular flexibility index (Phi) is 5.98. The summed E-state index contributed by atoms with van der Waals surface area (Å²) in [6.45, 7) is 3.12. The van der Waals surface area contributed by atoms with E-state index >= 15 is 8.78 Å². The monoisotopic (exact) mass is 465 g/mol. The van der Waals surface area contributed by atoms with Gasteiger partial charge >= 0.3 is 5.97 Å². The SMILES string of the molecule is C[C@H]1OC(=O)[C@]2(CC(N)=O)CC(F)(F)[C@@H](C)[C@H](C=Cc3ccc(-c4ccccc4C#N)cn3)[C@H]12. The average Bonchev–Trinajstić information content (AvgIpc) is 3.02. The second kappa shape index (κ2) is 8.64. The van der Waals surface area contributed by atoms with E-state index in [-0.39, 0.29) is 0 Å². The molecule has 1 aliphatic carbocycles. The summed E-state index contributed by atoms with van der Waals surface area (Å²) < 4.78 is 35.5. The van der Waals surface area contributed by atoms with E-state index in [1.165, 1.54) is 6.92 Å². The molecule has 34 heavy (non-hydrogen) atoms. The Hall–Kier alpha value is -3.60. The summed E-state index contributed by atoms with van der Waals surface area (Å²) in [5.74, 6) is -7.19. The second-order valence-electron chi connectivity index (χ2n) is 9.23. The summed E-state index contributed by atoms with van der Waals surface area (Å²) >= 11 is 0. The number of alkyl halides is 2. The Labute approximate surface area is 196 Å². The van der Waals surface area contributed by atoms with Crippen molar-refractivity contribution in [1.82, 2.24) is 4.98 Å². The Morgan fingerprint density at radius 3 is 2.68 bits per heavy atom. The summed E-state index contributed by atoms with van der Waals surface area (Å²) in [6.07, 6.45) is 3.05. The zero-order valence-electron chi connectivity index (χ0n) is 18.9. The van der Waals surface area contributed by atoms with Gasteiger partial charge in [-0.15, -0.1) is 0 Å². The summed E-state index contributed by atoms with van der Waals surface area (Å²) in [7, 11) is 0. The molecule has 1 saturated carbocycles. The zero-order valence-corrected chi connectivity index (χ0v) is 18.9. The molecule has 1 amide bonds. The van der Waals surface area contributed by atoms with Gasteiger partial charge in [0.15, 0.2) is 0 Å². The lowest BCUT2D eigenvalue weighted by molar-refractivity contribution is -0.174. The van der Waals surface area contributed by atoms with Crippen LogP contribution >= 0.6 is 0 Å². The van der Waals surface area contributed by atoms with Crippen LogP contribution < -0.4 is 5.73 Å². The van der Waals surface area contributed by atoms with Crippen LogP contribution in [0.1, 0.15) is 37.9 Å². The maximum absolute atomic E-state index is 15.1. The molecule has 4 rings (SSSR count). The number of esters is 1. The number of amides is 1. The highest BCUT2D eigenvalue weighted by atomic mass is 19.3. The van der Waals surface area contributed by atoms with Gasteiger partial charge in [0.25, 0.3) is 5.92 Å². The fourth-order valence-corrected chi connectivity index (χ4v) is 5.55. The van der Waals surface area contributed by atoms with Crippen molar-refractivity contribution in [2.24, 2.45) is 28.9 Å². The lowest BCUT2D eigenvalue weighted by atomic mass is 9.55. The molecule has 1 aromatic carbocycles. The number of fused-ring (bicyclic) bond motifs is 1. The van der Waals surface area contributed by atoms with E-state index in [0.29, 0.717) is 11.3 Å². The van der Waals surface area contributed by atoms with Gasteiger partial charge in [-0.2, -0.15) is 5.26 Å². The molecule has 8 heteroatoms. The molecule has 2 aliphatic rings. The third kappa shape index (κ3) is 3.96. The standard InChI is InChI=1S/C26H25F2N3O3/c1-15-20(23-16(2)34-24(33)25(23,11-22(30)32)14-26(15,27)28)10-9-19-8-7-18(13-31-19)21-6-4-3-5-17(21)12-29/h3-10,13,15-16,20,23H,11,14H2,1-2H3,(H2,30,32)/t15-,16+,20-,23-,25+/m0/s1. The number of nitrogens with zero attached hydrogens (tertiary/aromatic N) is 2. The van der Waals surface area contributed by atoms with Gasteiger partial charge in [-0.05, 0) is 31.1 Å². The van der Waals surface area contributed by atoms with Gasteiger partial charge in [-0.1, -0.05) is 37.3 Å². The number of carbonyl (C=O) groups excluding carboxylic acids is 2. The average molecular weight is 466 g/mol. The number of hydrogen-bond acceptors (Lipinski definition) is 5. The highest BCUT2D eigenvalue weighted by Crippen LogP contribution is 2.60. The summed E-state index contributed by atoms with van der Waals surface area (Å²) in [6, 6.07) is 12.9. The fourth-order valence-electron chi connectivity index (χ4n) is 5.55. The van der Waals surface area contributed by atoms with Crippen molar-refractivity contribution in [2.75, 3.05) is 0 Å². The van der Waals surface area contributed by atoms with E-state index in [4.69, 9.17) is 10.5 Å². The number of cyclic esters (lactones) is 1. The van der Waals surface area contributed by atoms with Crippen LogP contribution in [-0.2, 0) is 14.3 Å². The number of allylic oxidation sites excluding steroid dienone is 1. The van der Waals surface area contributed by atoms with Gasteiger partial charge in [-0.3, -0.25) is 14.6 Å². The van der Waals surface area contributed by atoms with Crippen molar-refractivity contribution < 1.29 is 23.1 Å². The molecule has 2 heterocycles. The van der Waals surface area contributed by atoms with E-state index in [1.807, 2.05) is 18.2 Å². The van der Waals surface area contributed by atoms with E-state index in [9.17, 15) is 14.9 Å². The zero-order chi connectivity index (χ0) is 24.7. The molecule has 0 spiro atoms. The Bertz CT molecular complexity index is 1190. The van der Waals surface area contributed by atoms with Gasteiger partial charge in [0.2, 0.25) is 5.91 Å². The van der Waals surface area contributed by atoms with E-state index in [2.05, 4.69) is 11.1 Å². The quantitative estimate of drug-likeness (QED) is 0.661. The van der Waals surface area contributed by atoms with E-state index < -0.39 is 59.9 Å². The van der Waals surface area contributed by atoms with Gasteiger partial charge in [0, 0.05) is 42.0 Å². The number of nitriles is 1. The first-order valence-corrected chi connectivity index (χ1v) is 11.1. The van der Waals surface area contributed by atoms with Crippen LogP contribution in [0.3, 0.4) is 0 Å². The van der Waals surface area contributed by atoms with Crippen molar-refractivity contribution in [3.63, 3.8) is 0 Å². The third-order valence-electron chi connectivity index (χ3n) is 7.18. The predicted octanol–water partition coefficient (Wildman–Crippen LogP) is 4.35. The normalized spacial score (nSPS) is 29.9. The van der Waals surface area contributed by atoms with E-state index in [0.717, 1.165) is 11.1 Å². The van der Waals surface area contributed by atoms with Gasteiger partial charge < -0.3 is 10.5 Å². The Morgan fingerprint density at radius 2 is 2.03 bits per heavy atom. The number of primary amides is 1. The van der Waals surface area contributed by atoms with Crippen LogP contribution in [0.2, 0.25) is 0 Å². The van der Waals surface area contributed by atoms with Crippen molar-refractivity contribution in [2.45, 2.75) is 38.7 Å². The third-order valence-corrected chi connectivity index (χ3v) is 7.18. The molecule has 5 atom stereocenters. The van der Waals surface area contributed by atoms with Crippen LogP contribution in [0.15, 0.2) is 48.7 Å². The van der Waals surface area contributed by atoms with Crippen molar-refractivity contribution in [3.8, 4) is 17.2 Å². The number of hydrogen-bond donors (Lipinski definition) is 1. The van der Waals surface area contributed by atoms with Crippen LogP contribution in [-0.4, -0.2) is 28.9 Å². The molecule has 0 radical (unpaired) electrons. The van der Waals surface area contributed by atoms with Gasteiger partial charge in [0.1, 0.15) is 6.10 Å². The Morgan fingerprint density at radius 1 is 1.29 bits per heavy atom. The lowest BCUT2D eigenvalue weighted by Crippen LogP contribution is -2.54. The molecule has 1 saturated heterocycles. The molecule has 0 bridgehead atoms. The summed E-state index contributed by atoms with van der Waals surface area (Å²) in [5.41, 5.74) is 6.29. The van der Waals surface area contributed by atoms with Gasteiger partial charge in [-0.25, -0.2) is 8.78 Å². The number of nitrogens with two attached hydrogens (primary N) is 1. The second-order valence-corrected chi connectivity index (χ2v) is 9.23. The number of pyridine rings is 1. The number of carbonyl (C=O) groups is 2. The number of ether oxygens (including phenoxy) is 1. The number of rotatable bonds is 5. The Balaban J connectivity index is 1.66. The minimum atomic E-state index is -3.18. The summed E-state index contributed by atoms with van der Waals surface area (Å²) in [5, 5.41) is 9.31. The first kappa shape index (κ1) is 23.6. The molecule has 2 fully saturated rings. The molecule has 2 N–H and O–H groups in total.